The number of aromatic nitrogens is 2. The number of carbonyl (C=O) groups excluding carboxylic acids is 1. The summed E-state index contributed by atoms with van der Waals surface area (Å²) in [5.74, 6) is 0.394. The van der Waals surface area contributed by atoms with Gasteiger partial charge in [-0.05, 0) is 37.1 Å². The first-order valence-corrected chi connectivity index (χ1v) is 8.89. The van der Waals surface area contributed by atoms with E-state index in [2.05, 4.69) is 14.9 Å². The second kappa shape index (κ2) is 6.48. The van der Waals surface area contributed by atoms with Gasteiger partial charge in [0.15, 0.2) is 0 Å². The van der Waals surface area contributed by atoms with Crippen LogP contribution in [-0.2, 0) is 17.6 Å². The fourth-order valence-corrected chi connectivity index (χ4v) is 3.83. The van der Waals surface area contributed by atoms with Gasteiger partial charge in [0.25, 0.3) is 0 Å². The smallest absolute Gasteiger partial charge is 0.226 e. The van der Waals surface area contributed by atoms with E-state index >= 15 is 0 Å². The number of piperazine rings is 1. The zero-order chi connectivity index (χ0) is 16.5. The molecule has 4 rings (SSSR count). The maximum absolute atomic E-state index is 12.8. The second-order valence-corrected chi connectivity index (χ2v) is 6.99. The zero-order valence-corrected chi connectivity index (χ0v) is 14.3. The molecule has 1 saturated heterocycles. The average Bonchev–Trinajstić information content (AvgIpc) is 3.09. The van der Waals surface area contributed by atoms with Gasteiger partial charge < -0.3 is 14.8 Å². The molecule has 2 heterocycles. The van der Waals surface area contributed by atoms with Crippen molar-refractivity contribution in [3.63, 3.8) is 0 Å². The summed E-state index contributed by atoms with van der Waals surface area (Å²) in [5.41, 5.74) is 3.44. The maximum Gasteiger partial charge on any atom is 0.226 e. The van der Waals surface area contributed by atoms with Crippen LogP contribution in [0.1, 0.15) is 17.8 Å². The Kier molecular flexibility index (Phi) is 4.19. The molecule has 0 bridgehead atoms. The van der Waals surface area contributed by atoms with Crippen molar-refractivity contribution in [3.8, 4) is 0 Å². The lowest BCUT2D eigenvalue weighted by atomic mass is 9.88. The number of hydrogen-bond donors (Lipinski definition) is 1. The van der Waals surface area contributed by atoms with E-state index in [1.165, 1.54) is 5.69 Å². The number of carbonyl (C=O) groups is 1. The molecule has 6 heteroatoms. The van der Waals surface area contributed by atoms with Gasteiger partial charge in [-0.2, -0.15) is 0 Å². The van der Waals surface area contributed by atoms with Crippen LogP contribution in [0.15, 0.2) is 30.6 Å². The Labute approximate surface area is 146 Å². The van der Waals surface area contributed by atoms with Crippen LogP contribution in [0.5, 0.6) is 0 Å². The minimum atomic E-state index is 0.0973. The van der Waals surface area contributed by atoms with Gasteiger partial charge in [-0.25, -0.2) is 4.98 Å². The van der Waals surface area contributed by atoms with Crippen LogP contribution in [0.3, 0.4) is 0 Å². The lowest BCUT2D eigenvalue weighted by molar-refractivity contribution is -0.136. The number of aryl methyl sites for hydroxylation is 1. The van der Waals surface area contributed by atoms with Gasteiger partial charge in [-0.1, -0.05) is 11.6 Å². The molecule has 5 nitrogen and oxygen atoms in total. The summed E-state index contributed by atoms with van der Waals surface area (Å²) in [6, 6.07) is 7.91. The highest BCUT2D eigenvalue weighted by atomic mass is 35.5. The molecule has 1 atom stereocenters. The number of H-pyrrole nitrogens is 1. The van der Waals surface area contributed by atoms with E-state index in [1.54, 1.807) is 6.33 Å². The first-order chi connectivity index (χ1) is 11.7. The van der Waals surface area contributed by atoms with Crippen molar-refractivity contribution in [3.05, 3.63) is 47.0 Å². The Hall–Kier alpha value is -2.01. The van der Waals surface area contributed by atoms with Crippen LogP contribution in [-0.4, -0.2) is 47.0 Å². The molecular weight excluding hydrogens is 324 g/mol. The summed E-state index contributed by atoms with van der Waals surface area (Å²) < 4.78 is 0. The second-order valence-electron chi connectivity index (χ2n) is 6.56. The molecule has 0 radical (unpaired) electrons. The highest BCUT2D eigenvalue weighted by molar-refractivity contribution is 6.30. The molecule has 1 aromatic carbocycles. The molecule has 0 spiro atoms. The van der Waals surface area contributed by atoms with Crippen molar-refractivity contribution in [2.45, 2.75) is 19.3 Å². The molecule has 1 aliphatic heterocycles. The summed E-state index contributed by atoms with van der Waals surface area (Å²) in [4.78, 5) is 24.7. The van der Waals surface area contributed by atoms with Gasteiger partial charge in [-0.3, -0.25) is 4.79 Å². The van der Waals surface area contributed by atoms with Crippen molar-refractivity contribution in [1.82, 2.24) is 14.9 Å². The van der Waals surface area contributed by atoms with Crippen LogP contribution in [0.2, 0.25) is 5.02 Å². The molecule has 2 aliphatic rings. The van der Waals surface area contributed by atoms with Crippen LogP contribution >= 0.6 is 11.6 Å². The maximum atomic E-state index is 12.8. The number of amides is 1. The van der Waals surface area contributed by atoms with Crippen LogP contribution < -0.4 is 4.90 Å². The number of halogens is 1. The lowest BCUT2D eigenvalue weighted by Crippen LogP contribution is -2.51. The largest absolute Gasteiger partial charge is 0.368 e. The number of hydrogen-bond acceptors (Lipinski definition) is 3. The summed E-state index contributed by atoms with van der Waals surface area (Å²) >= 11 is 5.95. The number of anilines is 1. The zero-order valence-electron chi connectivity index (χ0n) is 13.5. The van der Waals surface area contributed by atoms with Gasteiger partial charge in [-0.15, -0.1) is 0 Å². The summed E-state index contributed by atoms with van der Waals surface area (Å²) in [5, 5.41) is 0.753. The molecule has 2 aromatic rings. The Morgan fingerprint density at radius 1 is 1.17 bits per heavy atom. The number of benzene rings is 1. The summed E-state index contributed by atoms with van der Waals surface area (Å²) in [7, 11) is 0. The Morgan fingerprint density at radius 2 is 1.92 bits per heavy atom. The van der Waals surface area contributed by atoms with Gasteiger partial charge in [0.1, 0.15) is 0 Å². The quantitative estimate of drug-likeness (QED) is 0.910. The van der Waals surface area contributed by atoms with E-state index in [-0.39, 0.29) is 5.92 Å². The van der Waals surface area contributed by atoms with Gasteiger partial charge in [0, 0.05) is 54.9 Å². The summed E-state index contributed by atoms with van der Waals surface area (Å²) in [6.45, 7) is 3.31. The molecular formula is C18H21ClN4O. The predicted molar refractivity (Wildman–Crippen MR) is 94.3 cm³/mol. The average molecular weight is 345 g/mol. The number of fused-ring (bicyclic) bond motifs is 1. The standard InChI is InChI=1S/C18H21ClN4O/c19-14-2-4-15(5-3-14)22-7-9-23(10-8-22)18(24)13-1-6-16-17(11-13)21-12-20-16/h2-5,12-13H,1,6-11H2,(H,20,21)/t13-/m1/s1. The molecule has 1 N–H and O–H groups in total. The topological polar surface area (TPSA) is 52.2 Å². The van der Waals surface area contributed by atoms with E-state index in [9.17, 15) is 4.79 Å². The fourth-order valence-electron chi connectivity index (χ4n) is 3.71. The molecule has 1 amide bonds. The normalized spacial score (nSPS) is 20.8. The number of aromatic amines is 1. The van der Waals surface area contributed by atoms with Gasteiger partial charge in [0.05, 0.1) is 12.0 Å². The predicted octanol–water partition coefficient (Wildman–Crippen LogP) is 2.52. The fraction of sp³-hybridized carbons (Fsp3) is 0.444. The molecule has 0 unspecified atom stereocenters. The third kappa shape index (κ3) is 3.00. The van der Waals surface area contributed by atoms with Crippen molar-refractivity contribution in [1.29, 1.82) is 0 Å². The Balaban J connectivity index is 1.36. The molecule has 24 heavy (non-hydrogen) atoms. The minimum Gasteiger partial charge on any atom is -0.368 e. The first-order valence-electron chi connectivity index (χ1n) is 8.51. The Bertz CT molecular complexity index is 719. The molecule has 1 aliphatic carbocycles. The van der Waals surface area contributed by atoms with Crippen molar-refractivity contribution < 1.29 is 4.79 Å². The molecule has 1 aromatic heterocycles. The van der Waals surface area contributed by atoms with E-state index in [1.807, 2.05) is 29.2 Å². The van der Waals surface area contributed by atoms with Crippen LogP contribution in [0, 0.1) is 5.92 Å². The number of nitrogens with zero attached hydrogens (tertiary/aromatic N) is 3. The number of imidazole rings is 1. The first kappa shape index (κ1) is 15.5. The third-order valence-electron chi connectivity index (χ3n) is 5.12. The van der Waals surface area contributed by atoms with Crippen LogP contribution in [0.4, 0.5) is 5.69 Å². The molecule has 0 saturated carbocycles. The van der Waals surface area contributed by atoms with Gasteiger partial charge in [0.2, 0.25) is 5.91 Å². The highest BCUT2D eigenvalue weighted by Crippen LogP contribution is 2.26. The van der Waals surface area contributed by atoms with Gasteiger partial charge >= 0.3 is 0 Å². The highest BCUT2D eigenvalue weighted by Gasteiger charge is 2.31. The molecule has 1 fully saturated rings. The van der Waals surface area contributed by atoms with E-state index < -0.39 is 0 Å². The SMILES string of the molecule is O=C([C@@H]1CCc2nc[nH]c2C1)N1CCN(c2ccc(Cl)cc2)CC1. The van der Waals surface area contributed by atoms with E-state index in [0.717, 1.165) is 61.9 Å². The van der Waals surface area contributed by atoms with Crippen LogP contribution in [0.25, 0.3) is 0 Å². The summed E-state index contributed by atoms with van der Waals surface area (Å²) in [6.07, 6.45) is 4.35. The Morgan fingerprint density at radius 3 is 2.67 bits per heavy atom. The monoisotopic (exact) mass is 344 g/mol. The van der Waals surface area contributed by atoms with Crippen molar-refractivity contribution >= 4 is 23.2 Å². The van der Waals surface area contributed by atoms with Crippen molar-refractivity contribution in [2.75, 3.05) is 31.1 Å². The van der Waals surface area contributed by atoms with E-state index in [4.69, 9.17) is 11.6 Å². The number of rotatable bonds is 2. The lowest BCUT2D eigenvalue weighted by Gasteiger charge is -2.38. The van der Waals surface area contributed by atoms with Crippen molar-refractivity contribution in [2.24, 2.45) is 5.92 Å². The minimum absolute atomic E-state index is 0.0973. The van der Waals surface area contributed by atoms with E-state index in [0.29, 0.717) is 5.91 Å². The number of nitrogens with one attached hydrogen (secondary N) is 1. The molecule has 126 valence electrons. The third-order valence-corrected chi connectivity index (χ3v) is 5.37.